The Balaban J connectivity index is 1.95. The van der Waals surface area contributed by atoms with Crippen LogP contribution in [0, 0.1) is 13.8 Å². The lowest BCUT2D eigenvalue weighted by Crippen LogP contribution is -2.13. The highest BCUT2D eigenvalue weighted by atomic mass is 32.2. The van der Waals surface area contributed by atoms with E-state index in [0.717, 1.165) is 17.2 Å². The van der Waals surface area contributed by atoms with Crippen molar-refractivity contribution in [1.82, 2.24) is 4.98 Å². The molecule has 8 heteroatoms. The molecule has 0 bridgehead atoms. The first-order chi connectivity index (χ1) is 11.6. The Bertz CT molecular complexity index is 1050. The van der Waals surface area contributed by atoms with Gasteiger partial charge in [-0.2, -0.15) is 13.2 Å². The van der Waals surface area contributed by atoms with Gasteiger partial charge >= 0.3 is 6.18 Å². The molecule has 0 spiro atoms. The van der Waals surface area contributed by atoms with Crippen LogP contribution in [0.25, 0.3) is 10.9 Å². The highest BCUT2D eigenvalue weighted by molar-refractivity contribution is 7.92. The van der Waals surface area contributed by atoms with Crippen molar-refractivity contribution in [2.75, 3.05) is 4.72 Å². The third-order valence-corrected chi connectivity index (χ3v) is 5.35. The second-order valence-corrected chi connectivity index (χ2v) is 7.52. The second kappa shape index (κ2) is 5.80. The van der Waals surface area contributed by atoms with Gasteiger partial charge in [-0.1, -0.05) is 6.07 Å². The van der Waals surface area contributed by atoms with Crippen molar-refractivity contribution in [3.63, 3.8) is 0 Å². The molecule has 3 rings (SSSR count). The number of sulfonamides is 1. The topological polar surface area (TPSA) is 62.0 Å². The summed E-state index contributed by atoms with van der Waals surface area (Å²) in [7, 11) is -3.83. The Hall–Kier alpha value is -2.48. The van der Waals surface area contributed by atoms with E-state index in [0.29, 0.717) is 0 Å². The summed E-state index contributed by atoms with van der Waals surface area (Å²) in [6.45, 7) is 3.68. The van der Waals surface area contributed by atoms with Gasteiger partial charge < -0.3 is 4.98 Å². The molecular formula is C17H15F3N2O2S. The zero-order chi connectivity index (χ0) is 18.4. The van der Waals surface area contributed by atoms with Gasteiger partial charge in [0.1, 0.15) is 5.69 Å². The first-order valence-electron chi connectivity index (χ1n) is 7.36. The molecule has 0 amide bonds. The van der Waals surface area contributed by atoms with Crippen molar-refractivity contribution in [3.8, 4) is 0 Å². The van der Waals surface area contributed by atoms with Gasteiger partial charge in [0.25, 0.3) is 10.0 Å². The SMILES string of the molecule is Cc1ccc(S(=O)(=O)Nc2ccc3[nH]c(C(F)(F)F)cc3c2)cc1C. The highest BCUT2D eigenvalue weighted by Crippen LogP contribution is 2.32. The summed E-state index contributed by atoms with van der Waals surface area (Å²) in [6.07, 6.45) is -4.49. The number of alkyl halides is 3. The zero-order valence-electron chi connectivity index (χ0n) is 13.4. The molecule has 0 aliphatic carbocycles. The van der Waals surface area contributed by atoms with Crippen LogP contribution >= 0.6 is 0 Å². The van der Waals surface area contributed by atoms with Crippen LogP contribution in [-0.4, -0.2) is 13.4 Å². The van der Waals surface area contributed by atoms with Crippen LogP contribution in [0.2, 0.25) is 0 Å². The Morgan fingerprint density at radius 1 is 0.960 bits per heavy atom. The molecule has 0 atom stereocenters. The predicted molar refractivity (Wildman–Crippen MR) is 90.0 cm³/mol. The van der Waals surface area contributed by atoms with Gasteiger partial charge in [0.15, 0.2) is 0 Å². The van der Waals surface area contributed by atoms with E-state index in [1.54, 1.807) is 19.1 Å². The molecule has 1 heterocycles. The van der Waals surface area contributed by atoms with Gasteiger partial charge in [0.05, 0.1) is 4.90 Å². The number of aryl methyl sites for hydroxylation is 2. The zero-order valence-corrected chi connectivity index (χ0v) is 14.2. The summed E-state index contributed by atoms with van der Waals surface area (Å²) in [5.74, 6) is 0. The van der Waals surface area contributed by atoms with Gasteiger partial charge in [0, 0.05) is 16.6 Å². The van der Waals surface area contributed by atoms with Crippen LogP contribution in [0.15, 0.2) is 47.4 Å². The van der Waals surface area contributed by atoms with Crippen molar-refractivity contribution in [3.05, 3.63) is 59.3 Å². The molecule has 0 aliphatic rings. The van der Waals surface area contributed by atoms with Gasteiger partial charge in [-0.15, -0.1) is 0 Å². The van der Waals surface area contributed by atoms with E-state index in [-0.39, 0.29) is 21.5 Å². The quantitative estimate of drug-likeness (QED) is 0.709. The van der Waals surface area contributed by atoms with Crippen LogP contribution in [0.3, 0.4) is 0 Å². The lowest BCUT2D eigenvalue weighted by atomic mass is 10.1. The number of H-pyrrole nitrogens is 1. The van der Waals surface area contributed by atoms with Crippen LogP contribution < -0.4 is 4.72 Å². The summed E-state index contributed by atoms with van der Waals surface area (Å²) in [5, 5.41) is 0.271. The monoisotopic (exact) mass is 368 g/mol. The number of aromatic nitrogens is 1. The van der Waals surface area contributed by atoms with E-state index in [4.69, 9.17) is 0 Å². The largest absolute Gasteiger partial charge is 0.431 e. The molecule has 25 heavy (non-hydrogen) atoms. The van der Waals surface area contributed by atoms with Gasteiger partial charge in [-0.05, 0) is 61.4 Å². The minimum atomic E-state index is -4.49. The van der Waals surface area contributed by atoms with Crippen molar-refractivity contribution in [1.29, 1.82) is 0 Å². The Labute approximate surface area is 142 Å². The lowest BCUT2D eigenvalue weighted by Gasteiger charge is -2.10. The number of rotatable bonds is 3. The molecule has 0 saturated carbocycles. The fourth-order valence-electron chi connectivity index (χ4n) is 2.44. The Morgan fingerprint density at radius 3 is 2.32 bits per heavy atom. The molecule has 0 saturated heterocycles. The molecule has 2 aromatic carbocycles. The molecule has 1 aromatic heterocycles. The maximum absolute atomic E-state index is 12.7. The highest BCUT2D eigenvalue weighted by Gasteiger charge is 2.32. The van der Waals surface area contributed by atoms with E-state index >= 15 is 0 Å². The van der Waals surface area contributed by atoms with E-state index in [9.17, 15) is 21.6 Å². The summed E-state index contributed by atoms with van der Waals surface area (Å²) >= 11 is 0. The molecule has 0 radical (unpaired) electrons. The van der Waals surface area contributed by atoms with Crippen LogP contribution in [0.1, 0.15) is 16.8 Å². The van der Waals surface area contributed by atoms with E-state index in [1.807, 2.05) is 6.92 Å². The van der Waals surface area contributed by atoms with Gasteiger partial charge in [-0.25, -0.2) is 8.42 Å². The molecule has 2 N–H and O–H groups in total. The molecule has 132 valence electrons. The van der Waals surface area contributed by atoms with Crippen molar-refractivity contribution in [2.24, 2.45) is 0 Å². The fourth-order valence-corrected chi connectivity index (χ4v) is 3.58. The fraction of sp³-hybridized carbons (Fsp3) is 0.176. The summed E-state index contributed by atoms with van der Waals surface area (Å²) in [5.41, 5.74) is 1.39. The predicted octanol–water partition coefficient (Wildman–Crippen LogP) is 4.60. The molecule has 0 unspecified atom stereocenters. The number of fused-ring (bicyclic) bond motifs is 1. The number of benzene rings is 2. The number of aromatic amines is 1. The molecule has 4 nitrogen and oxygen atoms in total. The average molecular weight is 368 g/mol. The van der Waals surface area contributed by atoms with Crippen molar-refractivity contribution >= 4 is 26.6 Å². The summed E-state index contributed by atoms with van der Waals surface area (Å²) in [4.78, 5) is 2.37. The molecule has 3 aromatic rings. The maximum Gasteiger partial charge on any atom is 0.431 e. The first kappa shape index (κ1) is 17.3. The second-order valence-electron chi connectivity index (χ2n) is 5.83. The van der Waals surface area contributed by atoms with E-state index < -0.39 is 21.9 Å². The van der Waals surface area contributed by atoms with Crippen LogP contribution in [-0.2, 0) is 16.2 Å². The minimum absolute atomic E-state index is 0.0979. The third-order valence-electron chi connectivity index (χ3n) is 3.97. The summed E-state index contributed by atoms with van der Waals surface area (Å²) < 4.78 is 65.6. The smallest absolute Gasteiger partial charge is 0.351 e. The van der Waals surface area contributed by atoms with Crippen molar-refractivity contribution in [2.45, 2.75) is 24.9 Å². The normalized spacial score (nSPS) is 12.5. The number of anilines is 1. The number of hydrogen-bond donors (Lipinski definition) is 2. The molecule has 0 fully saturated rings. The number of halogens is 3. The molecular weight excluding hydrogens is 353 g/mol. The minimum Gasteiger partial charge on any atom is -0.351 e. The van der Waals surface area contributed by atoms with Gasteiger partial charge in [0.2, 0.25) is 0 Å². The van der Waals surface area contributed by atoms with Crippen LogP contribution in [0.4, 0.5) is 18.9 Å². The first-order valence-corrected chi connectivity index (χ1v) is 8.85. The number of hydrogen-bond acceptors (Lipinski definition) is 2. The van der Waals surface area contributed by atoms with Crippen molar-refractivity contribution < 1.29 is 21.6 Å². The van der Waals surface area contributed by atoms with E-state index in [1.165, 1.54) is 24.3 Å². The van der Waals surface area contributed by atoms with Crippen LogP contribution in [0.5, 0.6) is 0 Å². The number of nitrogens with one attached hydrogen (secondary N) is 2. The summed E-state index contributed by atoms with van der Waals surface area (Å²) in [6, 6.07) is 9.87. The Morgan fingerprint density at radius 2 is 1.68 bits per heavy atom. The Kier molecular flexibility index (Phi) is 4.03. The average Bonchev–Trinajstić information content (AvgIpc) is 2.93. The standard InChI is InChI=1S/C17H15F3N2O2S/c1-10-3-5-14(7-11(10)2)25(23,24)22-13-4-6-15-12(8-13)9-16(21-15)17(18,19)20/h3-9,21-22H,1-2H3. The molecule has 0 aliphatic heterocycles. The van der Waals surface area contributed by atoms with Gasteiger partial charge in [-0.3, -0.25) is 4.72 Å². The third kappa shape index (κ3) is 3.48. The lowest BCUT2D eigenvalue weighted by molar-refractivity contribution is -0.140. The van der Waals surface area contributed by atoms with E-state index in [2.05, 4.69) is 9.71 Å². The maximum atomic E-state index is 12.7.